The lowest BCUT2D eigenvalue weighted by Crippen LogP contribution is -2.47. The van der Waals surface area contributed by atoms with Crippen molar-refractivity contribution in [2.24, 2.45) is 5.16 Å². The summed E-state index contributed by atoms with van der Waals surface area (Å²) in [6, 6.07) is 45.6. The quantitative estimate of drug-likeness (QED) is 0.158. The number of para-hydroxylation sites is 2. The van der Waals surface area contributed by atoms with Gasteiger partial charge >= 0.3 is 0 Å². The molecule has 2 aliphatic heterocycles. The van der Waals surface area contributed by atoms with Gasteiger partial charge in [-0.25, -0.2) is 4.68 Å². The Morgan fingerprint density at radius 3 is 2.10 bits per heavy atom. The zero-order valence-electron chi connectivity index (χ0n) is 27.3. The van der Waals surface area contributed by atoms with Crippen LogP contribution in [0.2, 0.25) is 0 Å². The number of hydrogen-bond donors (Lipinski definition) is 0. The Kier molecular flexibility index (Phi) is 8.31. The third-order valence-corrected chi connectivity index (χ3v) is 11.3. The Morgan fingerprint density at radius 2 is 1.41 bits per heavy atom. The van der Waals surface area contributed by atoms with Crippen molar-refractivity contribution >= 4 is 35.0 Å². The van der Waals surface area contributed by atoms with E-state index in [9.17, 15) is 0 Å². The number of thioether (sulfide) groups is 1. The molecule has 3 heterocycles. The van der Waals surface area contributed by atoms with Crippen molar-refractivity contribution in [1.29, 1.82) is 0 Å². The van der Waals surface area contributed by atoms with Gasteiger partial charge in [0.2, 0.25) is 5.72 Å². The Balaban J connectivity index is 1.33. The summed E-state index contributed by atoms with van der Waals surface area (Å²) in [5.74, 6) is 2.30. The van der Waals surface area contributed by atoms with E-state index in [1.165, 1.54) is 5.56 Å². The molecule has 5 aromatic carbocycles. The first kappa shape index (κ1) is 31.2. The van der Waals surface area contributed by atoms with Crippen LogP contribution in [0, 0.1) is 6.92 Å². The van der Waals surface area contributed by atoms with Gasteiger partial charge in [0.15, 0.2) is 5.84 Å². The summed E-state index contributed by atoms with van der Waals surface area (Å²) >= 11 is 3.59. The Morgan fingerprint density at radius 1 is 0.776 bits per heavy atom. The number of aromatic nitrogens is 2. The lowest BCUT2D eigenvalue weighted by atomic mass is 9.92. The molecule has 1 aromatic heterocycles. The third-order valence-electron chi connectivity index (χ3n) is 8.93. The monoisotopic (exact) mass is 682 g/mol. The fourth-order valence-corrected chi connectivity index (χ4v) is 9.24. The number of rotatable bonds is 8. The molecule has 0 saturated carbocycles. The normalized spacial score (nSPS) is 18.1. The summed E-state index contributed by atoms with van der Waals surface area (Å²) in [5.41, 5.74) is 5.14. The predicted octanol–water partition coefficient (Wildman–Crippen LogP) is 9.64. The molecule has 244 valence electrons. The number of amidine groups is 1. The number of anilines is 1. The average molecular weight is 683 g/mol. The topological polar surface area (TPSA) is 61.1 Å². The molecule has 0 spiro atoms. The Labute approximate surface area is 294 Å². The predicted molar refractivity (Wildman–Crippen MR) is 196 cm³/mol. The molecule has 0 N–H and O–H groups in total. The van der Waals surface area contributed by atoms with Crippen LogP contribution < -0.4 is 14.4 Å². The molecule has 2 aliphatic rings. The molecule has 9 heteroatoms. The lowest BCUT2D eigenvalue weighted by Gasteiger charge is -2.38. The standard InChI is InChI=1S/C40H34N4O3S2/c1-27-37(39(48-33-14-8-5-9-15-33)44(41-27)30-12-6-4-7-13-30)36-26-40(29-20-24-32(46-3)25-21-29)43(34-16-10-11-17-35(34)49-36)38(42-47-40)28-18-22-31(45-2)23-19-28/h4-25,36H,26H2,1-3H3. The van der Waals surface area contributed by atoms with Gasteiger partial charge in [-0.15, -0.1) is 11.8 Å². The number of nitrogens with zero attached hydrogens (tertiary/aromatic N) is 4. The van der Waals surface area contributed by atoms with Gasteiger partial charge < -0.3 is 14.3 Å². The molecule has 0 amide bonds. The van der Waals surface area contributed by atoms with Crippen LogP contribution in [0.25, 0.3) is 5.69 Å². The molecular formula is C40H34N4O3S2. The maximum Gasteiger partial charge on any atom is 0.242 e. The van der Waals surface area contributed by atoms with Crippen molar-refractivity contribution in [3.8, 4) is 17.2 Å². The first-order chi connectivity index (χ1) is 24.1. The molecule has 49 heavy (non-hydrogen) atoms. The lowest BCUT2D eigenvalue weighted by molar-refractivity contribution is -0.0284. The van der Waals surface area contributed by atoms with E-state index in [0.29, 0.717) is 6.42 Å². The molecule has 8 rings (SSSR count). The van der Waals surface area contributed by atoms with Crippen LogP contribution in [0.3, 0.4) is 0 Å². The van der Waals surface area contributed by atoms with Gasteiger partial charge in [0.05, 0.1) is 31.3 Å². The van der Waals surface area contributed by atoms with Gasteiger partial charge in [-0.2, -0.15) is 5.10 Å². The van der Waals surface area contributed by atoms with Crippen LogP contribution in [-0.4, -0.2) is 29.8 Å². The second-order valence-corrected chi connectivity index (χ2v) is 14.1. The molecule has 0 bridgehead atoms. The highest BCUT2D eigenvalue weighted by atomic mass is 32.2. The maximum absolute atomic E-state index is 6.80. The highest BCUT2D eigenvalue weighted by molar-refractivity contribution is 8.00. The van der Waals surface area contributed by atoms with Gasteiger partial charge in [-0.3, -0.25) is 4.90 Å². The second kappa shape index (κ2) is 13.1. The van der Waals surface area contributed by atoms with Crippen LogP contribution in [0.4, 0.5) is 5.69 Å². The zero-order valence-corrected chi connectivity index (χ0v) is 28.9. The average Bonchev–Trinajstić information content (AvgIpc) is 3.65. The SMILES string of the molecule is COc1ccc(C2=NOC3(c4ccc(OC)cc4)CC(c4c(C)nn(-c5ccccc5)c4Sc4ccccc4)Sc4ccccc4N23)cc1. The summed E-state index contributed by atoms with van der Waals surface area (Å²) < 4.78 is 13.1. The van der Waals surface area contributed by atoms with Gasteiger partial charge in [-0.05, 0) is 91.9 Å². The Bertz CT molecular complexity index is 2120. The number of oxime groups is 1. The summed E-state index contributed by atoms with van der Waals surface area (Å²) in [5, 5.41) is 11.1. The summed E-state index contributed by atoms with van der Waals surface area (Å²) in [6.45, 7) is 2.12. The number of hydrogen-bond acceptors (Lipinski definition) is 8. The fourth-order valence-electron chi connectivity index (χ4n) is 6.56. The molecule has 2 unspecified atom stereocenters. The van der Waals surface area contributed by atoms with Crippen molar-refractivity contribution in [1.82, 2.24) is 9.78 Å². The van der Waals surface area contributed by atoms with E-state index in [0.717, 1.165) is 60.3 Å². The first-order valence-corrected chi connectivity index (χ1v) is 17.8. The molecule has 6 aromatic rings. The van der Waals surface area contributed by atoms with Crippen LogP contribution in [0.15, 0.2) is 153 Å². The minimum absolute atomic E-state index is 0.0534. The van der Waals surface area contributed by atoms with Crippen LogP contribution in [-0.2, 0) is 10.6 Å². The van der Waals surface area contributed by atoms with Crippen molar-refractivity contribution in [3.05, 3.63) is 156 Å². The van der Waals surface area contributed by atoms with Gasteiger partial charge in [0.25, 0.3) is 0 Å². The zero-order chi connectivity index (χ0) is 33.4. The summed E-state index contributed by atoms with van der Waals surface area (Å²) in [6.07, 6.45) is 0.589. The first-order valence-electron chi connectivity index (χ1n) is 16.1. The van der Waals surface area contributed by atoms with E-state index in [1.807, 2.05) is 60.3 Å². The molecule has 0 fully saturated rings. The van der Waals surface area contributed by atoms with Crippen molar-refractivity contribution < 1.29 is 14.3 Å². The molecule has 0 saturated heterocycles. The van der Waals surface area contributed by atoms with E-state index in [2.05, 4.69) is 101 Å². The van der Waals surface area contributed by atoms with Gasteiger partial charge in [0, 0.05) is 38.2 Å². The minimum Gasteiger partial charge on any atom is -0.497 e. The minimum atomic E-state index is -0.970. The van der Waals surface area contributed by atoms with Gasteiger partial charge in [-0.1, -0.05) is 65.4 Å². The fraction of sp³-hybridized carbons (Fsp3) is 0.150. The second-order valence-electron chi connectivity index (χ2n) is 11.8. The smallest absolute Gasteiger partial charge is 0.242 e. The van der Waals surface area contributed by atoms with E-state index in [-0.39, 0.29) is 5.25 Å². The van der Waals surface area contributed by atoms with E-state index < -0.39 is 5.72 Å². The van der Waals surface area contributed by atoms with Gasteiger partial charge in [0.1, 0.15) is 16.5 Å². The van der Waals surface area contributed by atoms with Crippen LogP contribution >= 0.6 is 23.5 Å². The number of methoxy groups -OCH3 is 2. The van der Waals surface area contributed by atoms with Crippen molar-refractivity contribution in [2.75, 3.05) is 19.1 Å². The highest BCUT2D eigenvalue weighted by Gasteiger charge is 2.53. The van der Waals surface area contributed by atoms with Crippen LogP contribution in [0.5, 0.6) is 11.5 Å². The number of ether oxygens (including phenoxy) is 2. The summed E-state index contributed by atoms with van der Waals surface area (Å²) in [7, 11) is 3.36. The summed E-state index contributed by atoms with van der Waals surface area (Å²) in [4.78, 5) is 11.4. The van der Waals surface area contributed by atoms with E-state index >= 15 is 0 Å². The van der Waals surface area contributed by atoms with Crippen molar-refractivity contribution in [3.63, 3.8) is 0 Å². The number of fused-ring (bicyclic) bond motifs is 3. The number of aryl methyl sites for hydroxylation is 1. The largest absolute Gasteiger partial charge is 0.497 e. The maximum atomic E-state index is 6.80. The van der Waals surface area contributed by atoms with E-state index in [4.69, 9.17) is 24.6 Å². The molecular weight excluding hydrogens is 649 g/mol. The highest BCUT2D eigenvalue weighted by Crippen LogP contribution is 2.58. The van der Waals surface area contributed by atoms with E-state index in [1.54, 1.807) is 26.0 Å². The number of benzene rings is 5. The van der Waals surface area contributed by atoms with Crippen molar-refractivity contribution in [2.45, 2.75) is 39.1 Å². The van der Waals surface area contributed by atoms with Crippen LogP contribution in [0.1, 0.15) is 34.1 Å². The molecule has 0 aliphatic carbocycles. The Hall–Kier alpha value is -5.12. The molecule has 2 atom stereocenters. The molecule has 7 nitrogen and oxygen atoms in total. The third kappa shape index (κ3) is 5.62. The molecule has 0 radical (unpaired) electrons.